The molecule has 0 saturated heterocycles. The van der Waals surface area contributed by atoms with Crippen LogP contribution in [0.5, 0.6) is 0 Å². The zero-order chi connectivity index (χ0) is 15.4. The SMILES string of the molecule is C=CC(=O)Nc1ccc(Nc2nc(Cl)ncc2Cl)cc1Cl. The molecule has 21 heavy (non-hydrogen) atoms. The molecule has 0 aliphatic heterocycles. The third-order valence-corrected chi connectivity index (χ3v) is 3.16. The van der Waals surface area contributed by atoms with Gasteiger partial charge in [-0.25, -0.2) is 4.98 Å². The van der Waals surface area contributed by atoms with E-state index >= 15 is 0 Å². The monoisotopic (exact) mass is 342 g/mol. The van der Waals surface area contributed by atoms with Crippen LogP contribution in [0.4, 0.5) is 17.2 Å². The Balaban J connectivity index is 2.22. The third kappa shape index (κ3) is 4.07. The lowest BCUT2D eigenvalue weighted by Crippen LogP contribution is -2.07. The van der Waals surface area contributed by atoms with Gasteiger partial charge in [-0.3, -0.25) is 4.79 Å². The summed E-state index contributed by atoms with van der Waals surface area (Å²) in [6.07, 6.45) is 2.55. The van der Waals surface area contributed by atoms with E-state index in [1.165, 1.54) is 6.20 Å². The number of rotatable bonds is 4. The van der Waals surface area contributed by atoms with Gasteiger partial charge in [0, 0.05) is 5.69 Å². The maximum Gasteiger partial charge on any atom is 0.247 e. The van der Waals surface area contributed by atoms with Gasteiger partial charge in [0.1, 0.15) is 5.02 Å². The van der Waals surface area contributed by atoms with E-state index in [9.17, 15) is 4.79 Å². The van der Waals surface area contributed by atoms with Gasteiger partial charge in [0.15, 0.2) is 5.82 Å². The molecular formula is C13H9Cl3N4O. The second kappa shape index (κ2) is 6.76. The number of carbonyl (C=O) groups excluding carboxylic acids is 1. The standard InChI is InChI=1S/C13H9Cl3N4O/c1-2-11(21)19-10-4-3-7(5-8(10)14)18-12-9(15)6-17-13(16)20-12/h2-6H,1H2,(H,19,21)(H,17,18,20). The molecule has 2 aromatic rings. The van der Waals surface area contributed by atoms with E-state index < -0.39 is 0 Å². The first kappa shape index (κ1) is 15.6. The topological polar surface area (TPSA) is 66.9 Å². The Morgan fingerprint density at radius 2 is 2.00 bits per heavy atom. The van der Waals surface area contributed by atoms with Crippen molar-refractivity contribution in [2.75, 3.05) is 10.6 Å². The van der Waals surface area contributed by atoms with Gasteiger partial charge in [-0.2, -0.15) is 4.98 Å². The van der Waals surface area contributed by atoms with Gasteiger partial charge >= 0.3 is 0 Å². The summed E-state index contributed by atoms with van der Waals surface area (Å²) in [5.74, 6) is 0.0128. The highest BCUT2D eigenvalue weighted by Gasteiger charge is 2.08. The molecule has 1 heterocycles. The van der Waals surface area contributed by atoms with E-state index in [2.05, 4.69) is 27.2 Å². The predicted molar refractivity (Wildman–Crippen MR) is 85.6 cm³/mol. The zero-order valence-electron chi connectivity index (χ0n) is 10.5. The molecule has 1 aromatic carbocycles. The second-order valence-corrected chi connectivity index (χ2v) is 5.00. The summed E-state index contributed by atoms with van der Waals surface area (Å²) in [4.78, 5) is 19.0. The molecular weight excluding hydrogens is 335 g/mol. The fourth-order valence-electron chi connectivity index (χ4n) is 1.45. The summed E-state index contributed by atoms with van der Waals surface area (Å²) in [7, 11) is 0. The fraction of sp³-hybridized carbons (Fsp3) is 0. The molecule has 0 aliphatic rings. The Kier molecular flexibility index (Phi) is 5.01. The average Bonchev–Trinajstić information content (AvgIpc) is 2.45. The van der Waals surface area contributed by atoms with Gasteiger partial charge in [0.05, 0.1) is 16.9 Å². The highest BCUT2D eigenvalue weighted by molar-refractivity contribution is 6.34. The van der Waals surface area contributed by atoms with Crippen LogP contribution in [0.2, 0.25) is 15.3 Å². The zero-order valence-corrected chi connectivity index (χ0v) is 12.8. The molecule has 0 aliphatic carbocycles. The van der Waals surface area contributed by atoms with Crippen LogP contribution in [0.3, 0.4) is 0 Å². The molecule has 2 N–H and O–H groups in total. The minimum absolute atomic E-state index is 0.0721. The minimum Gasteiger partial charge on any atom is -0.339 e. The van der Waals surface area contributed by atoms with E-state index in [1.54, 1.807) is 18.2 Å². The van der Waals surface area contributed by atoms with E-state index in [0.717, 1.165) is 6.08 Å². The Morgan fingerprint density at radius 3 is 2.67 bits per heavy atom. The molecule has 0 spiro atoms. The number of halogens is 3. The maximum absolute atomic E-state index is 11.2. The summed E-state index contributed by atoms with van der Waals surface area (Å²) in [6, 6.07) is 4.96. The van der Waals surface area contributed by atoms with Gasteiger partial charge in [-0.1, -0.05) is 29.8 Å². The lowest BCUT2D eigenvalue weighted by atomic mass is 10.2. The molecule has 8 heteroatoms. The van der Waals surface area contributed by atoms with Crippen LogP contribution in [-0.2, 0) is 4.79 Å². The number of aromatic nitrogens is 2. The largest absolute Gasteiger partial charge is 0.339 e. The molecule has 1 aromatic heterocycles. The number of carbonyl (C=O) groups is 1. The van der Waals surface area contributed by atoms with Crippen LogP contribution in [0.15, 0.2) is 37.1 Å². The number of hydrogen-bond acceptors (Lipinski definition) is 4. The second-order valence-electron chi connectivity index (χ2n) is 3.85. The van der Waals surface area contributed by atoms with Crippen LogP contribution in [0, 0.1) is 0 Å². The van der Waals surface area contributed by atoms with Gasteiger partial charge in [-0.05, 0) is 35.9 Å². The number of amides is 1. The van der Waals surface area contributed by atoms with Crippen molar-refractivity contribution in [1.29, 1.82) is 0 Å². The van der Waals surface area contributed by atoms with Crippen LogP contribution in [-0.4, -0.2) is 15.9 Å². The molecule has 0 saturated carbocycles. The van der Waals surface area contributed by atoms with E-state index in [0.29, 0.717) is 27.2 Å². The molecule has 0 atom stereocenters. The molecule has 0 radical (unpaired) electrons. The van der Waals surface area contributed by atoms with Crippen LogP contribution >= 0.6 is 34.8 Å². The lowest BCUT2D eigenvalue weighted by Gasteiger charge is -2.10. The first-order valence-electron chi connectivity index (χ1n) is 5.67. The maximum atomic E-state index is 11.2. The number of anilines is 3. The number of nitrogens with one attached hydrogen (secondary N) is 2. The highest BCUT2D eigenvalue weighted by atomic mass is 35.5. The van der Waals surface area contributed by atoms with E-state index in [1.807, 2.05) is 0 Å². The van der Waals surface area contributed by atoms with Crippen molar-refractivity contribution in [2.24, 2.45) is 0 Å². The molecule has 2 rings (SSSR count). The van der Waals surface area contributed by atoms with Crippen molar-refractivity contribution in [3.05, 3.63) is 52.4 Å². The quantitative estimate of drug-likeness (QED) is 0.641. The lowest BCUT2D eigenvalue weighted by molar-refractivity contribution is -0.111. The van der Waals surface area contributed by atoms with Crippen molar-refractivity contribution in [3.8, 4) is 0 Å². The summed E-state index contributed by atoms with van der Waals surface area (Å²) >= 11 is 17.8. The Bertz CT molecular complexity index is 706. The predicted octanol–water partition coefficient (Wildman–Crippen LogP) is 4.30. The number of nitrogens with zero attached hydrogens (tertiary/aromatic N) is 2. The van der Waals surface area contributed by atoms with Crippen LogP contribution in [0.1, 0.15) is 0 Å². The minimum atomic E-state index is -0.344. The van der Waals surface area contributed by atoms with Gasteiger partial charge < -0.3 is 10.6 Å². The normalized spacial score (nSPS) is 10.0. The first-order valence-corrected chi connectivity index (χ1v) is 6.81. The van der Waals surface area contributed by atoms with Crippen LogP contribution < -0.4 is 10.6 Å². The van der Waals surface area contributed by atoms with Gasteiger partial charge in [0.2, 0.25) is 11.2 Å². The van der Waals surface area contributed by atoms with Gasteiger partial charge in [0.25, 0.3) is 0 Å². The van der Waals surface area contributed by atoms with Crippen molar-refractivity contribution in [1.82, 2.24) is 9.97 Å². The Hall–Kier alpha value is -1.82. The summed E-state index contributed by atoms with van der Waals surface area (Å²) < 4.78 is 0. The Morgan fingerprint density at radius 1 is 1.24 bits per heavy atom. The molecule has 0 bridgehead atoms. The highest BCUT2D eigenvalue weighted by Crippen LogP contribution is 2.29. The van der Waals surface area contributed by atoms with E-state index in [4.69, 9.17) is 34.8 Å². The number of hydrogen-bond donors (Lipinski definition) is 2. The fourth-order valence-corrected chi connectivity index (χ4v) is 1.95. The molecule has 0 unspecified atom stereocenters. The first-order chi connectivity index (χ1) is 9.99. The molecule has 1 amide bonds. The Labute approximate surface area is 136 Å². The summed E-state index contributed by atoms with van der Waals surface area (Å²) in [6.45, 7) is 3.37. The summed E-state index contributed by atoms with van der Waals surface area (Å²) in [5, 5.41) is 6.29. The smallest absolute Gasteiger partial charge is 0.247 e. The molecule has 108 valence electrons. The van der Waals surface area contributed by atoms with Crippen molar-refractivity contribution in [2.45, 2.75) is 0 Å². The van der Waals surface area contributed by atoms with Gasteiger partial charge in [-0.15, -0.1) is 0 Å². The van der Waals surface area contributed by atoms with Crippen molar-refractivity contribution in [3.63, 3.8) is 0 Å². The van der Waals surface area contributed by atoms with Crippen LogP contribution in [0.25, 0.3) is 0 Å². The van der Waals surface area contributed by atoms with Crippen molar-refractivity contribution >= 4 is 57.9 Å². The molecule has 5 nitrogen and oxygen atoms in total. The average molecular weight is 344 g/mol. The molecule has 0 fully saturated rings. The summed E-state index contributed by atoms with van der Waals surface area (Å²) in [5.41, 5.74) is 1.10. The van der Waals surface area contributed by atoms with E-state index in [-0.39, 0.29) is 11.2 Å². The third-order valence-electron chi connectivity index (χ3n) is 2.39. The van der Waals surface area contributed by atoms with Crippen molar-refractivity contribution < 1.29 is 4.79 Å². The number of benzene rings is 1.